The van der Waals surface area contributed by atoms with Crippen LogP contribution in [-0.4, -0.2) is 48.5 Å². The third-order valence-corrected chi connectivity index (χ3v) is 5.43. The number of hydrogen-bond acceptors (Lipinski definition) is 7. The minimum absolute atomic E-state index is 0.319. The zero-order chi connectivity index (χ0) is 20.1. The van der Waals surface area contributed by atoms with Crippen LogP contribution in [-0.2, 0) is 21.1 Å². The second-order valence-electron chi connectivity index (χ2n) is 6.56. The molecule has 2 aromatic carbocycles. The minimum atomic E-state index is -2.75. The Morgan fingerprint density at radius 1 is 1.25 bits per heavy atom. The van der Waals surface area contributed by atoms with Crippen molar-refractivity contribution in [2.75, 3.05) is 31.8 Å². The van der Waals surface area contributed by atoms with Gasteiger partial charge in [0.15, 0.2) is 0 Å². The number of anilines is 1. The first-order chi connectivity index (χ1) is 13.4. The van der Waals surface area contributed by atoms with Crippen LogP contribution in [0.5, 0.6) is 5.75 Å². The van der Waals surface area contributed by atoms with Crippen molar-refractivity contribution in [2.45, 2.75) is 11.5 Å². The Labute approximate surface area is 165 Å². The summed E-state index contributed by atoms with van der Waals surface area (Å²) < 4.78 is 30.7. The van der Waals surface area contributed by atoms with E-state index in [-0.39, 0.29) is 0 Å². The number of methoxy groups -OCH3 is 1. The van der Waals surface area contributed by atoms with Gasteiger partial charge in [-0.1, -0.05) is 18.2 Å². The fraction of sp³-hybridized carbons (Fsp3) is 0.263. The summed E-state index contributed by atoms with van der Waals surface area (Å²) in [5, 5.41) is 4.17. The topological polar surface area (TPSA) is 97.2 Å². The molecule has 0 bridgehead atoms. The highest BCUT2D eigenvalue weighted by atomic mass is 32.2. The van der Waals surface area contributed by atoms with Crippen LogP contribution in [0.3, 0.4) is 0 Å². The van der Waals surface area contributed by atoms with Crippen LogP contribution in [0.25, 0.3) is 10.9 Å². The summed E-state index contributed by atoms with van der Waals surface area (Å²) >= 11 is 0. The van der Waals surface area contributed by atoms with Gasteiger partial charge in [-0.3, -0.25) is 0 Å². The molecule has 0 radical (unpaired) electrons. The molecule has 1 aromatic heterocycles. The number of benzene rings is 2. The van der Waals surface area contributed by atoms with Gasteiger partial charge < -0.3 is 14.8 Å². The van der Waals surface area contributed by atoms with Crippen molar-refractivity contribution in [1.82, 2.24) is 9.97 Å². The maximum atomic E-state index is 11.9. The maximum Gasteiger partial charge on any atom is 0.144 e. The third-order valence-electron chi connectivity index (χ3n) is 4.27. The zero-order valence-corrected chi connectivity index (χ0v) is 17.0. The predicted molar refractivity (Wildman–Crippen MR) is 114 cm³/mol. The summed E-state index contributed by atoms with van der Waals surface area (Å²) in [5.74, 6) is 1.49. The monoisotopic (exact) mass is 398 g/mol. The summed E-state index contributed by atoms with van der Waals surface area (Å²) in [4.78, 5) is 9.16. The maximum absolute atomic E-state index is 11.9. The smallest absolute Gasteiger partial charge is 0.144 e. The fourth-order valence-corrected chi connectivity index (χ4v) is 3.51. The highest BCUT2D eigenvalue weighted by Gasteiger charge is 2.09. The van der Waals surface area contributed by atoms with Crippen molar-refractivity contribution in [3.63, 3.8) is 0 Å². The average Bonchev–Trinajstić information content (AvgIpc) is 2.66. The molecule has 7 nitrogen and oxygen atoms in total. The molecule has 1 unspecified atom stereocenters. The molecular weight excluding hydrogens is 375 g/mol. The fourth-order valence-electron chi connectivity index (χ4n) is 2.80. The largest absolute Gasteiger partial charge is 0.489 e. The van der Waals surface area contributed by atoms with Gasteiger partial charge in [0.25, 0.3) is 0 Å². The molecule has 0 aliphatic carbocycles. The summed E-state index contributed by atoms with van der Waals surface area (Å²) in [6.07, 6.45) is 2.94. The predicted octanol–water partition coefficient (Wildman–Crippen LogP) is 1.56. The number of aromatic nitrogens is 2. The Kier molecular flexibility index (Phi) is 6.16. The molecule has 0 saturated carbocycles. The van der Waals surface area contributed by atoms with Crippen LogP contribution in [0.4, 0.5) is 5.82 Å². The van der Waals surface area contributed by atoms with E-state index < -0.39 is 9.73 Å². The van der Waals surface area contributed by atoms with Crippen LogP contribution in [0.15, 0.2) is 47.6 Å². The lowest BCUT2D eigenvalue weighted by molar-refractivity contribution is 0.210. The van der Waals surface area contributed by atoms with Gasteiger partial charge in [0.2, 0.25) is 0 Å². The van der Waals surface area contributed by atoms with Crippen LogP contribution in [0, 0.1) is 4.78 Å². The second-order valence-corrected chi connectivity index (χ2v) is 8.72. The number of ether oxygens (including phenoxy) is 2. The molecule has 3 rings (SSSR count). The molecule has 3 aromatic rings. The molecule has 0 aliphatic rings. The molecule has 1 heterocycles. The Hall–Kier alpha value is -2.65. The van der Waals surface area contributed by atoms with E-state index in [2.05, 4.69) is 15.3 Å². The Morgan fingerprint density at radius 2 is 2.07 bits per heavy atom. The average molecular weight is 398 g/mol. The molecule has 2 N–H and O–H groups in total. The summed E-state index contributed by atoms with van der Waals surface area (Å²) in [6.45, 7) is 1.57. The number of hydrogen-bond donors (Lipinski definition) is 2. The van der Waals surface area contributed by atoms with Crippen LogP contribution in [0.1, 0.15) is 5.56 Å². The minimum Gasteiger partial charge on any atom is -0.489 e. The van der Waals surface area contributed by atoms with Gasteiger partial charge in [-0.15, -0.1) is 0 Å². The van der Waals surface area contributed by atoms with Crippen molar-refractivity contribution in [3.8, 4) is 5.75 Å². The summed E-state index contributed by atoms with van der Waals surface area (Å²) in [5.41, 5.74) is 2.61. The van der Waals surface area contributed by atoms with E-state index in [1.54, 1.807) is 25.3 Å². The van der Waals surface area contributed by atoms with Gasteiger partial charge in [-0.2, -0.15) is 0 Å². The molecule has 0 aliphatic heterocycles. The van der Waals surface area contributed by atoms with E-state index in [4.69, 9.17) is 14.3 Å². The lowest BCUT2D eigenvalue weighted by Gasteiger charge is -2.13. The van der Waals surface area contributed by atoms with E-state index >= 15 is 0 Å². The van der Waals surface area contributed by atoms with Gasteiger partial charge in [-0.25, -0.2) is 19.0 Å². The first kappa shape index (κ1) is 20.1. The quantitative estimate of drug-likeness (QED) is 0.442. The molecule has 0 amide bonds. The molecule has 28 heavy (non-hydrogen) atoms. The van der Waals surface area contributed by atoms with Crippen LogP contribution < -0.4 is 15.5 Å². The standard InChI is InChI=1S/C19H23BN4O3S/c1-26-7-6-22-19-15-9-16(20)18(10-17(15)23-12-24-19)27-11-13-4-3-5-14(8-13)28(2,21)25/h3-5,8-10,12,21H,6-7,11,20H2,1-2H3,(H,22,23,24). The highest BCUT2D eigenvalue weighted by molar-refractivity contribution is 7.91. The van der Waals surface area contributed by atoms with E-state index in [0.717, 1.165) is 33.5 Å². The molecular formula is C19H23BN4O3S. The van der Waals surface area contributed by atoms with Crippen LogP contribution >= 0.6 is 0 Å². The van der Waals surface area contributed by atoms with E-state index in [9.17, 15) is 4.21 Å². The number of fused-ring (bicyclic) bond motifs is 1. The lowest BCUT2D eigenvalue weighted by atomic mass is 9.93. The van der Waals surface area contributed by atoms with Gasteiger partial charge in [0.1, 0.15) is 32.3 Å². The highest BCUT2D eigenvalue weighted by Crippen LogP contribution is 2.23. The Balaban J connectivity index is 1.81. The normalized spacial score (nSPS) is 13.2. The van der Waals surface area contributed by atoms with Crippen molar-refractivity contribution in [1.29, 1.82) is 4.78 Å². The van der Waals surface area contributed by atoms with E-state index in [0.29, 0.717) is 24.7 Å². The van der Waals surface area contributed by atoms with E-state index in [1.165, 1.54) is 12.6 Å². The molecule has 0 fully saturated rings. The molecule has 0 spiro atoms. The Morgan fingerprint density at radius 3 is 2.82 bits per heavy atom. The summed E-state index contributed by atoms with van der Waals surface area (Å²) in [7, 11) is 0.883. The molecule has 146 valence electrons. The van der Waals surface area contributed by atoms with Crippen molar-refractivity contribution < 1.29 is 13.7 Å². The molecule has 0 saturated heterocycles. The molecule has 1 atom stereocenters. The Bertz CT molecular complexity index is 1090. The second kappa shape index (κ2) is 8.58. The first-order valence-electron chi connectivity index (χ1n) is 8.82. The van der Waals surface area contributed by atoms with Gasteiger partial charge in [-0.05, 0) is 23.2 Å². The third kappa shape index (κ3) is 4.79. The number of nitrogens with one attached hydrogen (secondary N) is 2. The van der Waals surface area contributed by atoms with Gasteiger partial charge in [0.05, 0.1) is 21.9 Å². The SMILES string of the molecule is Bc1cc2c(NCCOC)ncnc2cc1OCc1cccc(S(C)(=N)=O)c1. The van der Waals surface area contributed by atoms with Crippen molar-refractivity contribution in [2.24, 2.45) is 0 Å². The van der Waals surface area contributed by atoms with E-state index in [1.807, 2.05) is 26.0 Å². The van der Waals surface area contributed by atoms with Crippen molar-refractivity contribution >= 4 is 39.8 Å². The first-order valence-corrected chi connectivity index (χ1v) is 10.8. The summed E-state index contributed by atoms with van der Waals surface area (Å²) in [6, 6.07) is 11.0. The zero-order valence-electron chi connectivity index (χ0n) is 16.2. The van der Waals surface area contributed by atoms with Gasteiger partial charge >= 0.3 is 0 Å². The number of nitrogens with zero attached hydrogens (tertiary/aromatic N) is 2. The van der Waals surface area contributed by atoms with Crippen molar-refractivity contribution in [3.05, 3.63) is 48.3 Å². The van der Waals surface area contributed by atoms with Gasteiger partial charge in [0, 0.05) is 36.3 Å². The molecule has 9 heteroatoms. The lowest BCUT2D eigenvalue weighted by Crippen LogP contribution is -2.12. The number of rotatable bonds is 8. The van der Waals surface area contributed by atoms with Crippen LogP contribution in [0.2, 0.25) is 0 Å².